The molecule has 0 radical (unpaired) electrons. The Morgan fingerprint density at radius 2 is 2.30 bits per heavy atom. The summed E-state index contributed by atoms with van der Waals surface area (Å²) in [6.45, 7) is 3.73. The van der Waals surface area contributed by atoms with Gasteiger partial charge in [-0.2, -0.15) is 0 Å². The monoisotopic (exact) mass is 150 g/mol. The van der Waals surface area contributed by atoms with E-state index in [-0.39, 0.29) is 0 Å². The van der Waals surface area contributed by atoms with Gasteiger partial charge in [0.25, 0.3) is 0 Å². The van der Waals surface area contributed by atoms with Gasteiger partial charge in [0.2, 0.25) is 0 Å². The van der Waals surface area contributed by atoms with E-state index < -0.39 is 0 Å². The van der Waals surface area contributed by atoms with Crippen molar-refractivity contribution in [2.45, 2.75) is 6.42 Å². The van der Waals surface area contributed by atoms with Gasteiger partial charge in [-0.25, -0.2) is 0 Å². The van der Waals surface area contributed by atoms with E-state index in [0.717, 1.165) is 16.9 Å². The Labute approximate surface area is 67.0 Å². The first kappa shape index (κ1) is 7.42. The van der Waals surface area contributed by atoms with Crippen molar-refractivity contribution in [3.63, 3.8) is 0 Å². The molecule has 0 unspecified atom stereocenters. The lowest BCUT2D eigenvalue weighted by Gasteiger charge is -1.94. The molecule has 0 aromatic carbocycles. The highest BCUT2D eigenvalue weighted by Crippen LogP contribution is 2.15. The number of rotatable bonds is 1. The van der Waals surface area contributed by atoms with Crippen molar-refractivity contribution in [2.24, 2.45) is 0 Å². The fraction of sp³-hybridized carbons (Fsp3) is 0.111. The van der Waals surface area contributed by atoms with Crippen molar-refractivity contribution in [3.8, 4) is 0 Å². The smallest absolute Gasteiger partial charge is 0.00404 e. The maximum atomic E-state index is 4.14. The molecule has 0 nitrogen and oxygen atoms in total. The topological polar surface area (TPSA) is 0 Å². The van der Waals surface area contributed by atoms with Crippen LogP contribution < -0.4 is 0 Å². The maximum absolute atomic E-state index is 4.14. The molecule has 0 aromatic heterocycles. The SMILES string of the molecule is C=C(S)C1=CC=CCC=C1. The highest BCUT2D eigenvalue weighted by molar-refractivity contribution is 7.84. The zero-order valence-corrected chi connectivity index (χ0v) is 6.64. The number of hydrogen-bond donors (Lipinski definition) is 1. The van der Waals surface area contributed by atoms with Gasteiger partial charge in [0.1, 0.15) is 0 Å². The summed E-state index contributed by atoms with van der Waals surface area (Å²) < 4.78 is 0. The summed E-state index contributed by atoms with van der Waals surface area (Å²) in [6.07, 6.45) is 11.3. The summed E-state index contributed by atoms with van der Waals surface area (Å²) in [7, 11) is 0. The Balaban J connectivity index is 2.83. The van der Waals surface area contributed by atoms with Gasteiger partial charge in [0.05, 0.1) is 0 Å². The van der Waals surface area contributed by atoms with Crippen LogP contribution in [0.15, 0.2) is 47.4 Å². The first-order valence-corrected chi connectivity index (χ1v) is 3.67. The molecule has 1 heteroatoms. The lowest BCUT2D eigenvalue weighted by atomic mass is 10.2. The molecule has 0 atom stereocenters. The lowest BCUT2D eigenvalue weighted by Crippen LogP contribution is -1.72. The van der Waals surface area contributed by atoms with Crippen molar-refractivity contribution in [1.82, 2.24) is 0 Å². The van der Waals surface area contributed by atoms with Crippen molar-refractivity contribution in [3.05, 3.63) is 47.4 Å². The minimum atomic E-state index is 0.822. The van der Waals surface area contributed by atoms with Crippen LogP contribution in [-0.4, -0.2) is 0 Å². The molecule has 10 heavy (non-hydrogen) atoms. The summed E-state index contributed by atoms with van der Waals surface area (Å²) in [5, 5.41) is 0. The van der Waals surface area contributed by atoms with Gasteiger partial charge in [0.15, 0.2) is 0 Å². The number of allylic oxidation sites excluding steroid dienone is 6. The first-order chi connectivity index (χ1) is 4.80. The van der Waals surface area contributed by atoms with Crippen molar-refractivity contribution in [1.29, 1.82) is 0 Å². The molecule has 0 saturated heterocycles. The van der Waals surface area contributed by atoms with Crippen LogP contribution in [0.25, 0.3) is 0 Å². The van der Waals surface area contributed by atoms with Crippen LogP contribution in [0, 0.1) is 0 Å². The standard InChI is InChI=1S/C9H10S/c1-8(10)9-6-4-2-3-5-7-9/h2,4-7,10H,1,3H2. The Bertz CT molecular complexity index is 219. The van der Waals surface area contributed by atoms with E-state index >= 15 is 0 Å². The van der Waals surface area contributed by atoms with Crippen LogP contribution in [0.4, 0.5) is 0 Å². The normalized spacial score (nSPS) is 16.3. The van der Waals surface area contributed by atoms with Crippen molar-refractivity contribution in [2.75, 3.05) is 0 Å². The Hall–Kier alpha value is -0.690. The van der Waals surface area contributed by atoms with Gasteiger partial charge < -0.3 is 0 Å². The first-order valence-electron chi connectivity index (χ1n) is 3.22. The Morgan fingerprint density at radius 3 is 3.00 bits per heavy atom. The molecular weight excluding hydrogens is 140 g/mol. The largest absolute Gasteiger partial charge is 0.143 e. The zero-order valence-electron chi connectivity index (χ0n) is 5.75. The minimum Gasteiger partial charge on any atom is -0.143 e. The van der Waals surface area contributed by atoms with Crippen molar-refractivity contribution < 1.29 is 0 Å². The summed E-state index contributed by atoms with van der Waals surface area (Å²) in [4.78, 5) is 0.822. The molecule has 0 heterocycles. The van der Waals surface area contributed by atoms with Gasteiger partial charge >= 0.3 is 0 Å². The van der Waals surface area contributed by atoms with Crippen molar-refractivity contribution >= 4 is 12.6 Å². The van der Waals surface area contributed by atoms with Crippen LogP contribution >= 0.6 is 12.6 Å². The van der Waals surface area contributed by atoms with Crippen LogP contribution in [0.5, 0.6) is 0 Å². The van der Waals surface area contributed by atoms with Gasteiger partial charge in [-0.1, -0.05) is 37.0 Å². The summed E-state index contributed by atoms with van der Waals surface area (Å²) in [6, 6.07) is 0. The van der Waals surface area contributed by atoms with Crippen LogP contribution in [0.1, 0.15) is 6.42 Å². The van der Waals surface area contributed by atoms with E-state index in [4.69, 9.17) is 0 Å². The molecule has 0 amide bonds. The molecule has 0 saturated carbocycles. The summed E-state index contributed by atoms with van der Waals surface area (Å²) in [5.74, 6) is 0. The van der Waals surface area contributed by atoms with Gasteiger partial charge in [-0.15, -0.1) is 12.6 Å². The molecule has 0 N–H and O–H groups in total. The Morgan fingerprint density at radius 1 is 1.50 bits per heavy atom. The van der Waals surface area contributed by atoms with E-state index in [2.05, 4.69) is 31.4 Å². The molecule has 0 spiro atoms. The highest BCUT2D eigenvalue weighted by atomic mass is 32.1. The number of thiol groups is 1. The summed E-state index contributed by atoms with van der Waals surface area (Å²) in [5.41, 5.74) is 1.09. The fourth-order valence-electron chi connectivity index (χ4n) is 0.772. The van der Waals surface area contributed by atoms with Gasteiger partial charge in [0, 0.05) is 4.91 Å². The van der Waals surface area contributed by atoms with E-state index in [0.29, 0.717) is 0 Å². The average molecular weight is 150 g/mol. The molecule has 0 aromatic rings. The molecule has 0 fully saturated rings. The molecule has 0 aliphatic heterocycles. The Kier molecular flexibility index (Phi) is 2.57. The number of hydrogen-bond acceptors (Lipinski definition) is 1. The zero-order chi connectivity index (χ0) is 7.40. The predicted molar refractivity (Wildman–Crippen MR) is 49.1 cm³/mol. The third-order valence-corrected chi connectivity index (χ3v) is 1.57. The van der Waals surface area contributed by atoms with E-state index in [1.54, 1.807) is 0 Å². The van der Waals surface area contributed by atoms with E-state index in [9.17, 15) is 0 Å². The molecule has 0 bridgehead atoms. The van der Waals surface area contributed by atoms with Gasteiger partial charge in [-0.3, -0.25) is 0 Å². The minimum absolute atomic E-state index is 0.822. The molecule has 1 aliphatic rings. The third-order valence-electron chi connectivity index (χ3n) is 1.31. The third kappa shape index (κ3) is 1.92. The second-order valence-electron chi connectivity index (χ2n) is 2.13. The van der Waals surface area contributed by atoms with E-state index in [1.807, 2.05) is 18.2 Å². The van der Waals surface area contributed by atoms with Crippen LogP contribution in [0.3, 0.4) is 0 Å². The molecule has 1 rings (SSSR count). The maximum Gasteiger partial charge on any atom is 0.00404 e. The fourth-order valence-corrected chi connectivity index (χ4v) is 0.921. The van der Waals surface area contributed by atoms with Crippen LogP contribution in [-0.2, 0) is 0 Å². The van der Waals surface area contributed by atoms with Gasteiger partial charge in [-0.05, 0) is 12.0 Å². The molecule has 52 valence electrons. The lowest BCUT2D eigenvalue weighted by molar-refractivity contribution is 1.40. The van der Waals surface area contributed by atoms with Crippen LogP contribution in [0.2, 0.25) is 0 Å². The molecular formula is C9H10S. The quantitative estimate of drug-likeness (QED) is 0.546. The highest BCUT2D eigenvalue weighted by Gasteiger charge is 1.92. The molecule has 1 aliphatic carbocycles. The predicted octanol–water partition coefficient (Wildman–Crippen LogP) is 2.87. The second-order valence-corrected chi connectivity index (χ2v) is 2.67. The van der Waals surface area contributed by atoms with E-state index in [1.165, 1.54) is 0 Å². The summed E-state index contributed by atoms with van der Waals surface area (Å²) >= 11 is 4.14. The average Bonchev–Trinajstić information content (AvgIpc) is 2.12. The second kappa shape index (κ2) is 3.47.